The van der Waals surface area contributed by atoms with Crippen LogP contribution in [0.15, 0.2) is 18.6 Å². The fourth-order valence-corrected chi connectivity index (χ4v) is 2.94. The van der Waals surface area contributed by atoms with Gasteiger partial charge in [-0.05, 0) is 12.8 Å². The summed E-state index contributed by atoms with van der Waals surface area (Å²) in [6.45, 7) is 0.130. The van der Waals surface area contributed by atoms with Crippen molar-refractivity contribution in [1.29, 1.82) is 0 Å². The number of rotatable bonds is 4. The van der Waals surface area contributed by atoms with E-state index in [-0.39, 0.29) is 12.1 Å². The molecule has 2 aromatic rings. The lowest BCUT2D eigenvalue weighted by atomic mass is 9.82. The second-order valence-corrected chi connectivity index (χ2v) is 5.51. The predicted molar refractivity (Wildman–Crippen MR) is 79.1 cm³/mol. The minimum atomic E-state index is -0.260. The average Bonchev–Trinajstić information content (AvgIpc) is 2.96. The van der Waals surface area contributed by atoms with Gasteiger partial charge in [0.25, 0.3) is 0 Å². The zero-order chi connectivity index (χ0) is 14.0. The minimum absolute atomic E-state index is 0.130. The van der Waals surface area contributed by atoms with Gasteiger partial charge in [0.2, 0.25) is 0 Å². The fourth-order valence-electron chi connectivity index (χ4n) is 2.94. The molecule has 2 aromatic heterocycles. The summed E-state index contributed by atoms with van der Waals surface area (Å²) in [5.41, 5.74) is 0.534. The summed E-state index contributed by atoms with van der Waals surface area (Å²) in [5, 5.41) is 16.3. The molecule has 0 amide bonds. The predicted octanol–water partition coefficient (Wildman–Crippen LogP) is 1.88. The Labute approximate surface area is 118 Å². The topological polar surface area (TPSA) is 74.5 Å². The van der Waals surface area contributed by atoms with E-state index in [2.05, 4.69) is 20.6 Å². The molecule has 0 saturated heterocycles. The third-order valence-corrected chi connectivity index (χ3v) is 4.13. The third kappa shape index (κ3) is 2.31. The highest BCUT2D eigenvalue weighted by molar-refractivity contribution is 5.66. The highest BCUT2D eigenvalue weighted by Crippen LogP contribution is 2.32. The summed E-state index contributed by atoms with van der Waals surface area (Å²) in [7, 11) is 1.84. The number of nitrogens with one attached hydrogen (secondary N) is 2. The van der Waals surface area contributed by atoms with E-state index < -0.39 is 0 Å². The number of aliphatic hydroxyl groups is 1. The van der Waals surface area contributed by atoms with Gasteiger partial charge in [-0.2, -0.15) is 0 Å². The Morgan fingerprint density at radius 2 is 2.15 bits per heavy atom. The van der Waals surface area contributed by atoms with Crippen LogP contribution in [-0.2, 0) is 0 Å². The molecular formula is C14H21N5O. The van der Waals surface area contributed by atoms with Crippen molar-refractivity contribution in [2.24, 2.45) is 0 Å². The van der Waals surface area contributed by atoms with Crippen molar-refractivity contribution in [3.05, 3.63) is 18.6 Å². The number of anilines is 2. The second-order valence-electron chi connectivity index (χ2n) is 5.51. The van der Waals surface area contributed by atoms with E-state index in [0.717, 1.165) is 43.0 Å². The Bertz CT molecular complexity index is 588. The van der Waals surface area contributed by atoms with Crippen LogP contribution in [0.4, 0.5) is 11.6 Å². The van der Waals surface area contributed by atoms with Crippen molar-refractivity contribution in [2.75, 3.05) is 24.3 Å². The first kappa shape index (κ1) is 13.2. The Morgan fingerprint density at radius 3 is 2.85 bits per heavy atom. The lowest BCUT2D eigenvalue weighted by Gasteiger charge is -2.37. The van der Waals surface area contributed by atoms with E-state index in [1.54, 1.807) is 6.20 Å². The van der Waals surface area contributed by atoms with Crippen LogP contribution in [0.5, 0.6) is 0 Å². The van der Waals surface area contributed by atoms with Crippen LogP contribution in [0.1, 0.15) is 32.1 Å². The molecule has 3 rings (SSSR count). The fraction of sp³-hybridized carbons (Fsp3) is 0.571. The van der Waals surface area contributed by atoms with Gasteiger partial charge in [-0.25, -0.2) is 9.97 Å². The Hall–Kier alpha value is -1.82. The molecule has 0 bridgehead atoms. The molecule has 2 heterocycles. The Balaban J connectivity index is 1.98. The van der Waals surface area contributed by atoms with Gasteiger partial charge in [-0.3, -0.25) is 0 Å². The molecule has 6 nitrogen and oxygen atoms in total. The summed E-state index contributed by atoms with van der Waals surface area (Å²) in [4.78, 5) is 8.92. The van der Waals surface area contributed by atoms with Crippen LogP contribution in [0.3, 0.4) is 0 Å². The molecule has 0 spiro atoms. The molecule has 0 unspecified atom stereocenters. The molecule has 1 aliphatic rings. The SMILES string of the molecule is CNc1cn2ccnc2c(NC2(CO)CCCCC2)n1. The first-order valence-corrected chi connectivity index (χ1v) is 7.17. The van der Waals surface area contributed by atoms with E-state index >= 15 is 0 Å². The number of fused-ring (bicyclic) bond motifs is 1. The van der Waals surface area contributed by atoms with E-state index in [1.807, 2.05) is 23.8 Å². The number of aromatic nitrogens is 3. The molecule has 1 aliphatic carbocycles. The smallest absolute Gasteiger partial charge is 0.180 e. The van der Waals surface area contributed by atoms with Crippen LogP contribution >= 0.6 is 0 Å². The molecule has 0 radical (unpaired) electrons. The molecular weight excluding hydrogens is 254 g/mol. The molecule has 0 aliphatic heterocycles. The van der Waals surface area contributed by atoms with Crippen molar-refractivity contribution < 1.29 is 5.11 Å². The van der Waals surface area contributed by atoms with Gasteiger partial charge in [0.15, 0.2) is 11.5 Å². The molecule has 0 aromatic carbocycles. The summed E-state index contributed by atoms with van der Waals surface area (Å²) < 4.78 is 1.94. The van der Waals surface area contributed by atoms with Crippen LogP contribution in [-0.4, -0.2) is 38.7 Å². The first-order valence-electron chi connectivity index (χ1n) is 7.17. The van der Waals surface area contributed by atoms with Crippen LogP contribution in [0.25, 0.3) is 5.65 Å². The highest BCUT2D eigenvalue weighted by atomic mass is 16.3. The highest BCUT2D eigenvalue weighted by Gasteiger charge is 2.32. The van der Waals surface area contributed by atoms with E-state index in [4.69, 9.17) is 0 Å². The minimum Gasteiger partial charge on any atom is -0.394 e. The van der Waals surface area contributed by atoms with Crippen molar-refractivity contribution in [3.63, 3.8) is 0 Å². The quantitative estimate of drug-likeness (QED) is 0.794. The molecule has 1 saturated carbocycles. The molecule has 3 N–H and O–H groups in total. The van der Waals surface area contributed by atoms with Gasteiger partial charge in [0, 0.05) is 19.4 Å². The standard InChI is InChI=1S/C14H21N5O/c1-15-11-9-19-8-7-16-13(19)12(17-11)18-14(10-20)5-3-2-4-6-14/h7-9,15,20H,2-6,10H2,1H3,(H,17,18). The number of aliphatic hydroxyl groups excluding tert-OH is 1. The normalized spacial score (nSPS) is 18.1. The number of imidazole rings is 1. The van der Waals surface area contributed by atoms with Crippen molar-refractivity contribution in [1.82, 2.24) is 14.4 Å². The average molecular weight is 275 g/mol. The maximum absolute atomic E-state index is 9.82. The maximum Gasteiger partial charge on any atom is 0.180 e. The van der Waals surface area contributed by atoms with E-state index in [0.29, 0.717) is 0 Å². The summed E-state index contributed by atoms with van der Waals surface area (Å²) >= 11 is 0. The van der Waals surface area contributed by atoms with E-state index in [9.17, 15) is 5.11 Å². The van der Waals surface area contributed by atoms with E-state index in [1.165, 1.54) is 6.42 Å². The molecule has 1 fully saturated rings. The largest absolute Gasteiger partial charge is 0.394 e. The lowest BCUT2D eigenvalue weighted by molar-refractivity contribution is 0.172. The summed E-state index contributed by atoms with van der Waals surface area (Å²) in [6.07, 6.45) is 11.0. The van der Waals surface area contributed by atoms with Gasteiger partial charge in [0.05, 0.1) is 18.3 Å². The Morgan fingerprint density at radius 1 is 1.35 bits per heavy atom. The molecule has 6 heteroatoms. The molecule has 20 heavy (non-hydrogen) atoms. The molecule has 0 atom stereocenters. The van der Waals surface area contributed by atoms with Gasteiger partial charge in [-0.1, -0.05) is 19.3 Å². The van der Waals surface area contributed by atoms with Crippen molar-refractivity contribution in [3.8, 4) is 0 Å². The van der Waals surface area contributed by atoms with Crippen LogP contribution in [0, 0.1) is 0 Å². The summed E-state index contributed by atoms with van der Waals surface area (Å²) in [6, 6.07) is 0. The van der Waals surface area contributed by atoms with Gasteiger partial charge in [-0.15, -0.1) is 0 Å². The van der Waals surface area contributed by atoms with Gasteiger partial charge < -0.3 is 20.1 Å². The number of hydrogen-bond acceptors (Lipinski definition) is 5. The van der Waals surface area contributed by atoms with Crippen LogP contribution < -0.4 is 10.6 Å². The zero-order valence-corrected chi connectivity index (χ0v) is 11.8. The van der Waals surface area contributed by atoms with Crippen LogP contribution in [0.2, 0.25) is 0 Å². The number of hydrogen-bond donors (Lipinski definition) is 3. The second kappa shape index (κ2) is 5.28. The lowest BCUT2D eigenvalue weighted by Crippen LogP contribution is -2.44. The van der Waals surface area contributed by atoms with Crippen molar-refractivity contribution >= 4 is 17.3 Å². The number of nitrogens with zero attached hydrogens (tertiary/aromatic N) is 3. The zero-order valence-electron chi connectivity index (χ0n) is 11.8. The molecule has 108 valence electrons. The van der Waals surface area contributed by atoms with Gasteiger partial charge in [0.1, 0.15) is 5.82 Å². The van der Waals surface area contributed by atoms with Crippen molar-refractivity contribution in [2.45, 2.75) is 37.6 Å². The van der Waals surface area contributed by atoms with Gasteiger partial charge >= 0.3 is 0 Å². The third-order valence-electron chi connectivity index (χ3n) is 4.13. The summed E-state index contributed by atoms with van der Waals surface area (Å²) in [5.74, 6) is 1.51. The maximum atomic E-state index is 9.82. The monoisotopic (exact) mass is 275 g/mol. The first-order chi connectivity index (χ1) is 9.76. The Kier molecular flexibility index (Phi) is 3.48.